The van der Waals surface area contributed by atoms with Gasteiger partial charge in [-0.3, -0.25) is 0 Å². The first kappa shape index (κ1) is 12.2. The normalized spacial score (nSPS) is 11.1. The Labute approximate surface area is 115 Å². The van der Waals surface area contributed by atoms with Gasteiger partial charge in [-0.05, 0) is 23.8 Å². The summed E-state index contributed by atoms with van der Waals surface area (Å²) in [6.07, 6.45) is 0. The molecule has 0 unspecified atom stereocenters. The number of aryl methyl sites for hydroxylation is 1. The second-order valence-electron chi connectivity index (χ2n) is 4.44. The zero-order valence-electron chi connectivity index (χ0n) is 10.4. The summed E-state index contributed by atoms with van der Waals surface area (Å²) < 4.78 is 15.6. The maximum Gasteiger partial charge on any atom is 0.151 e. The van der Waals surface area contributed by atoms with Gasteiger partial charge in [0.25, 0.3) is 0 Å². The van der Waals surface area contributed by atoms with Crippen molar-refractivity contribution in [2.24, 2.45) is 7.05 Å². The van der Waals surface area contributed by atoms with Crippen LogP contribution in [0.5, 0.6) is 0 Å². The first-order valence-electron chi connectivity index (χ1n) is 5.97. The molecule has 3 rings (SSSR count). The Morgan fingerprint density at radius 2 is 2.00 bits per heavy atom. The van der Waals surface area contributed by atoms with Crippen LogP contribution in [0.3, 0.4) is 0 Å². The molecule has 0 aliphatic heterocycles. The highest BCUT2D eigenvalue weighted by molar-refractivity contribution is 6.17. The van der Waals surface area contributed by atoms with Crippen molar-refractivity contribution in [3.63, 3.8) is 0 Å². The summed E-state index contributed by atoms with van der Waals surface area (Å²) in [7, 11) is 1.89. The van der Waals surface area contributed by atoms with Crippen LogP contribution in [0.15, 0.2) is 42.5 Å². The third kappa shape index (κ3) is 2.00. The predicted octanol–water partition coefficient (Wildman–Crippen LogP) is 4.12. The fraction of sp³-hybridized carbons (Fsp3) is 0.133. The molecule has 3 aromatic rings. The maximum atomic E-state index is 13.7. The first-order chi connectivity index (χ1) is 9.20. The number of imidazole rings is 1. The molecule has 0 fully saturated rings. The van der Waals surface area contributed by atoms with E-state index in [1.807, 2.05) is 41.9 Å². The zero-order valence-corrected chi connectivity index (χ0v) is 11.2. The van der Waals surface area contributed by atoms with Gasteiger partial charge in [0.2, 0.25) is 0 Å². The number of hydrogen-bond donors (Lipinski definition) is 0. The molecule has 2 aromatic carbocycles. The van der Waals surface area contributed by atoms with Crippen LogP contribution in [-0.4, -0.2) is 9.55 Å². The van der Waals surface area contributed by atoms with Crippen molar-refractivity contribution < 1.29 is 4.39 Å². The molecule has 19 heavy (non-hydrogen) atoms. The molecule has 0 bridgehead atoms. The van der Waals surface area contributed by atoms with Crippen molar-refractivity contribution in [2.75, 3.05) is 0 Å². The summed E-state index contributed by atoms with van der Waals surface area (Å²) in [5.41, 5.74) is 3.14. The molecule has 0 saturated heterocycles. The summed E-state index contributed by atoms with van der Waals surface area (Å²) in [5.74, 6) is 0.895. The Bertz CT molecular complexity index is 749. The molecule has 0 spiro atoms. The fourth-order valence-corrected chi connectivity index (χ4v) is 2.40. The van der Waals surface area contributed by atoms with Gasteiger partial charge in [0, 0.05) is 18.5 Å². The summed E-state index contributed by atoms with van der Waals surface area (Å²) in [4.78, 5) is 4.40. The summed E-state index contributed by atoms with van der Waals surface area (Å²) >= 11 is 5.84. The van der Waals surface area contributed by atoms with E-state index in [-0.39, 0.29) is 5.82 Å². The molecule has 2 nitrogen and oxygen atoms in total. The van der Waals surface area contributed by atoms with E-state index >= 15 is 0 Å². The van der Waals surface area contributed by atoms with Gasteiger partial charge in [-0.15, -0.1) is 11.6 Å². The summed E-state index contributed by atoms with van der Waals surface area (Å²) in [6.45, 7) is 0. The van der Waals surface area contributed by atoms with Gasteiger partial charge in [-0.1, -0.05) is 24.3 Å². The number of fused-ring (bicyclic) bond motifs is 1. The van der Waals surface area contributed by atoms with Crippen LogP contribution in [0.2, 0.25) is 0 Å². The van der Waals surface area contributed by atoms with E-state index in [1.54, 1.807) is 6.07 Å². The number of hydrogen-bond acceptors (Lipinski definition) is 1. The van der Waals surface area contributed by atoms with Crippen LogP contribution in [0.1, 0.15) is 5.56 Å². The highest BCUT2D eigenvalue weighted by atomic mass is 35.5. The van der Waals surface area contributed by atoms with Crippen molar-refractivity contribution in [3.05, 3.63) is 53.8 Å². The van der Waals surface area contributed by atoms with E-state index in [4.69, 9.17) is 11.6 Å². The minimum Gasteiger partial charge on any atom is -0.327 e. The molecular weight excluding hydrogens is 263 g/mol. The van der Waals surface area contributed by atoms with Gasteiger partial charge in [0.05, 0.1) is 5.52 Å². The average Bonchev–Trinajstić information content (AvgIpc) is 2.78. The van der Waals surface area contributed by atoms with E-state index < -0.39 is 0 Å². The molecule has 0 N–H and O–H groups in total. The first-order valence-corrected chi connectivity index (χ1v) is 6.50. The monoisotopic (exact) mass is 274 g/mol. The lowest BCUT2D eigenvalue weighted by Gasteiger charge is -2.04. The lowest BCUT2D eigenvalue weighted by molar-refractivity contribution is 0.637. The molecule has 0 radical (unpaired) electrons. The van der Waals surface area contributed by atoms with Crippen LogP contribution >= 0.6 is 11.6 Å². The van der Waals surface area contributed by atoms with Gasteiger partial charge in [-0.2, -0.15) is 0 Å². The summed E-state index contributed by atoms with van der Waals surface area (Å²) in [5, 5.41) is 0. The predicted molar refractivity (Wildman–Crippen MR) is 75.7 cm³/mol. The van der Waals surface area contributed by atoms with E-state index in [0.717, 1.165) is 22.5 Å². The highest BCUT2D eigenvalue weighted by Gasteiger charge is 2.12. The largest absolute Gasteiger partial charge is 0.327 e. The van der Waals surface area contributed by atoms with Crippen LogP contribution in [0.25, 0.3) is 22.4 Å². The van der Waals surface area contributed by atoms with Crippen molar-refractivity contribution >= 4 is 22.6 Å². The number of nitrogens with zero attached hydrogens (tertiary/aromatic N) is 2. The van der Waals surface area contributed by atoms with Gasteiger partial charge >= 0.3 is 0 Å². The van der Waals surface area contributed by atoms with E-state index in [1.165, 1.54) is 6.07 Å². The Kier molecular flexibility index (Phi) is 2.99. The SMILES string of the molecule is Cn1c(-c2cccc(CCl)c2)nc2c(F)cccc21. The van der Waals surface area contributed by atoms with Crippen molar-refractivity contribution in [2.45, 2.75) is 5.88 Å². The van der Waals surface area contributed by atoms with Gasteiger partial charge in [0.15, 0.2) is 5.82 Å². The fourth-order valence-electron chi connectivity index (χ4n) is 2.23. The van der Waals surface area contributed by atoms with Gasteiger partial charge < -0.3 is 4.57 Å². The molecule has 0 aliphatic carbocycles. The Balaban J connectivity index is 2.25. The van der Waals surface area contributed by atoms with Gasteiger partial charge in [0.1, 0.15) is 11.3 Å². The van der Waals surface area contributed by atoms with Crippen LogP contribution < -0.4 is 0 Å². The van der Waals surface area contributed by atoms with Crippen LogP contribution in [0, 0.1) is 5.82 Å². The number of benzene rings is 2. The molecular formula is C15H12ClFN2. The molecule has 0 atom stereocenters. The van der Waals surface area contributed by atoms with Crippen molar-refractivity contribution in [1.82, 2.24) is 9.55 Å². The summed E-state index contributed by atoms with van der Waals surface area (Å²) in [6, 6.07) is 12.8. The topological polar surface area (TPSA) is 17.8 Å². The number of rotatable bonds is 2. The van der Waals surface area contributed by atoms with Crippen molar-refractivity contribution in [3.8, 4) is 11.4 Å². The third-order valence-corrected chi connectivity index (χ3v) is 3.51. The van der Waals surface area contributed by atoms with E-state index in [2.05, 4.69) is 4.98 Å². The Hall–Kier alpha value is -1.87. The number of aromatic nitrogens is 2. The second kappa shape index (κ2) is 4.67. The molecule has 1 aromatic heterocycles. The Morgan fingerprint density at radius 3 is 2.74 bits per heavy atom. The minimum absolute atomic E-state index is 0.298. The van der Waals surface area contributed by atoms with E-state index in [0.29, 0.717) is 11.4 Å². The van der Waals surface area contributed by atoms with Crippen LogP contribution in [0.4, 0.5) is 4.39 Å². The van der Waals surface area contributed by atoms with Crippen molar-refractivity contribution in [1.29, 1.82) is 0 Å². The quantitative estimate of drug-likeness (QED) is 0.643. The third-order valence-electron chi connectivity index (χ3n) is 3.20. The second-order valence-corrected chi connectivity index (χ2v) is 4.70. The standard InChI is InChI=1S/C15H12ClFN2/c1-19-13-7-3-6-12(17)14(13)18-15(19)11-5-2-4-10(8-11)9-16/h2-8H,9H2,1H3. The van der Waals surface area contributed by atoms with E-state index in [9.17, 15) is 4.39 Å². The highest BCUT2D eigenvalue weighted by Crippen LogP contribution is 2.26. The minimum atomic E-state index is -0.298. The molecule has 0 saturated carbocycles. The molecule has 4 heteroatoms. The number of alkyl halides is 1. The number of para-hydroxylation sites is 1. The average molecular weight is 275 g/mol. The van der Waals surface area contributed by atoms with Gasteiger partial charge in [-0.25, -0.2) is 9.37 Å². The smallest absolute Gasteiger partial charge is 0.151 e. The molecule has 0 aliphatic rings. The van der Waals surface area contributed by atoms with Crippen LogP contribution in [-0.2, 0) is 12.9 Å². The zero-order chi connectivity index (χ0) is 13.4. The maximum absolute atomic E-state index is 13.7. The molecule has 96 valence electrons. The number of halogens is 2. The molecule has 0 amide bonds. The lowest BCUT2D eigenvalue weighted by Crippen LogP contribution is -1.93. The lowest BCUT2D eigenvalue weighted by atomic mass is 10.1. The Morgan fingerprint density at radius 1 is 1.21 bits per heavy atom. The molecule has 1 heterocycles.